The molecule has 6 nitrogen and oxygen atoms in total. The van der Waals surface area contributed by atoms with E-state index in [1.165, 1.54) is 7.05 Å². The van der Waals surface area contributed by atoms with Crippen molar-refractivity contribution in [3.63, 3.8) is 0 Å². The van der Waals surface area contributed by atoms with E-state index in [1.54, 1.807) is 24.3 Å². The fourth-order valence-electron chi connectivity index (χ4n) is 2.34. The highest BCUT2D eigenvalue weighted by Gasteiger charge is 2.13. The molecule has 0 atom stereocenters. The average Bonchev–Trinajstić information content (AvgIpc) is 2.60. The molecule has 2 aromatic rings. The molecule has 25 heavy (non-hydrogen) atoms. The largest absolute Gasteiger partial charge is 0.378 e. The van der Waals surface area contributed by atoms with Gasteiger partial charge in [0.2, 0.25) is 10.0 Å². The number of amides is 1. The number of nitrogens with one attached hydrogen (secondary N) is 2. The van der Waals surface area contributed by atoms with Crippen LogP contribution in [0, 0.1) is 0 Å². The van der Waals surface area contributed by atoms with Gasteiger partial charge in [-0.3, -0.25) is 4.79 Å². The van der Waals surface area contributed by atoms with Gasteiger partial charge in [0, 0.05) is 31.9 Å². The molecule has 134 valence electrons. The molecule has 0 bridgehead atoms. The van der Waals surface area contributed by atoms with Gasteiger partial charge in [-0.05, 0) is 42.4 Å². The van der Waals surface area contributed by atoms with Crippen LogP contribution in [-0.2, 0) is 22.3 Å². The van der Waals surface area contributed by atoms with Gasteiger partial charge in [0.1, 0.15) is 0 Å². The standard InChI is InChI=1S/C18H23N3O3S/c1-19-25(23,24)13-16-7-5-4-6-15(16)12-20-18(22)14-8-10-17(11-9-14)21(2)3/h4-11,19H,12-13H2,1-3H3,(H,20,22). The molecule has 0 saturated carbocycles. The smallest absolute Gasteiger partial charge is 0.251 e. The lowest BCUT2D eigenvalue weighted by Crippen LogP contribution is -2.25. The van der Waals surface area contributed by atoms with E-state index in [2.05, 4.69) is 10.0 Å². The summed E-state index contributed by atoms with van der Waals surface area (Å²) < 4.78 is 25.8. The van der Waals surface area contributed by atoms with Crippen LogP contribution in [0.4, 0.5) is 5.69 Å². The fraction of sp³-hybridized carbons (Fsp3) is 0.278. The van der Waals surface area contributed by atoms with Crippen molar-refractivity contribution in [2.45, 2.75) is 12.3 Å². The number of hydrogen-bond acceptors (Lipinski definition) is 4. The summed E-state index contributed by atoms with van der Waals surface area (Å²) in [6.45, 7) is 0.268. The van der Waals surface area contributed by atoms with Crippen molar-refractivity contribution in [2.75, 3.05) is 26.0 Å². The Balaban J connectivity index is 2.07. The third-order valence-corrected chi connectivity index (χ3v) is 5.17. The Bertz CT molecular complexity index is 831. The molecule has 0 aliphatic heterocycles. The number of sulfonamides is 1. The van der Waals surface area contributed by atoms with E-state index < -0.39 is 10.0 Å². The predicted molar refractivity (Wildman–Crippen MR) is 100 cm³/mol. The second-order valence-corrected chi connectivity index (χ2v) is 7.78. The normalized spacial score (nSPS) is 11.2. The van der Waals surface area contributed by atoms with Crippen molar-refractivity contribution in [2.24, 2.45) is 0 Å². The van der Waals surface area contributed by atoms with Gasteiger partial charge in [0.05, 0.1) is 5.75 Å². The zero-order chi connectivity index (χ0) is 18.4. The van der Waals surface area contributed by atoms with Crippen molar-refractivity contribution < 1.29 is 13.2 Å². The van der Waals surface area contributed by atoms with Gasteiger partial charge in [-0.15, -0.1) is 0 Å². The third kappa shape index (κ3) is 5.30. The van der Waals surface area contributed by atoms with Crippen molar-refractivity contribution in [1.82, 2.24) is 10.0 Å². The molecular weight excluding hydrogens is 338 g/mol. The van der Waals surface area contributed by atoms with E-state index in [1.807, 2.05) is 43.3 Å². The van der Waals surface area contributed by atoms with Gasteiger partial charge in [0.25, 0.3) is 5.91 Å². The second kappa shape index (κ2) is 8.13. The topological polar surface area (TPSA) is 78.5 Å². The molecule has 0 spiro atoms. The molecule has 0 aliphatic carbocycles. The first-order valence-corrected chi connectivity index (χ1v) is 9.51. The maximum atomic E-state index is 12.3. The van der Waals surface area contributed by atoms with Crippen LogP contribution in [0.25, 0.3) is 0 Å². The van der Waals surface area contributed by atoms with E-state index in [4.69, 9.17) is 0 Å². The Labute approximate surface area is 148 Å². The highest BCUT2D eigenvalue weighted by Crippen LogP contribution is 2.14. The van der Waals surface area contributed by atoms with Gasteiger partial charge >= 0.3 is 0 Å². The van der Waals surface area contributed by atoms with E-state index in [-0.39, 0.29) is 18.2 Å². The molecule has 0 radical (unpaired) electrons. The minimum Gasteiger partial charge on any atom is -0.378 e. The highest BCUT2D eigenvalue weighted by atomic mass is 32.2. The van der Waals surface area contributed by atoms with Crippen LogP contribution in [0.15, 0.2) is 48.5 Å². The summed E-state index contributed by atoms with van der Waals surface area (Å²) in [4.78, 5) is 14.3. The lowest BCUT2D eigenvalue weighted by atomic mass is 10.1. The zero-order valence-corrected chi connectivity index (χ0v) is 15.4. The molecule has 7 heteroatoms. The monoisotopic (exact) mass is 361 g/mol. The molecule has 0 unspecified atom stereocenters. The summed E-state index contributed by atoms with van der Waals surface area (Å²) in [5.74, 6) is -0.316. The molecular formula is C18H23N3O3S. The van der Waals surface area contributed by atoms with E-state index in [9.17, 15) is 13.2 Å². The Morgan fingerprint density at radius 3 is 2.16 bits per heavy atom. The van der Waals surface area contributed by atoms with Crippen LogP contribution in [0.1, 0.15) is 21.5 Å². The summed E-state index contributed by atoms with van der Waals surface area (Å²) in [6.07, 6.45) is 0. The van der Waals surface area contributed by atoms with E-state index in [0.717, 1.165) is 11.3 Å². The number of carbonyl (C=O) groups excluding carboxylic acids is 1. The van der Waals surface area contributed by atoms with Crippen molar-refractivity contribution >= 4 is 21.6 Å². The van der Waals surface area contributed by atoms with E-state index in [0.29, 0.717) is 11.1 Å². The summed E-state index contributed by atoms with van der Waals surface area (Å²) >= 11 is 0. The average molecular weight is 361 g/mol. The van der Waals surface area contributed by atoms with Crippen LogP contribution in [0.3, 0.4) is 0 Å². The Morgan fingerprint density at radius 1 is 1.00 bits per heavy atom. The summed E-state index contributed by atoms with van der Waals surface area (Å²) in [6, 6.07) is 14.5. The summed E-state index contributed by atoms with van der Waals surface area (Å²) in [7, 11) is 1.89. The SMILES string of the molecule is CNS(=O)(=O)Cc1ccccc1CNC(=O)c1ccc(N(C)C)cc1. The first-order chi connectivity index (χ1) is 11.8. The Kier molecular flexibility index (Phi) is 6.17. The first-order valence-electron chi connectivity index (χ1n) is 7.86. The minimum absolute atomic E-state index is 0.118. The van der Waals surface area contributed by atoms with Gasteiger partial charge in [0.15, 0.2) is 0 Å². The number of benzene rings is 2. The van der Waals surface area contributed by atoms with Crippen LogP contribution in [0.5, 0.6) is 0 Å². The van der Waals surface area contributed by atoms with Crippen LogP contribution in [-0.4, -0.2) is 35.5 Å². The summed E-state index contributed by atoms with van der Waals surface area (Å²) in [5.41, 5.74) is 3.02. The molecule has 2 rings (SSSR count). The highest BCUT2D eigenvalue weighted by molar-refractivity contribution is 7.88. The Morgan fingerprint density at radius 2 is 1.60 bits per heavy atom. The Hall–Kier alpha value is -2.38. The number of anilines is 1. The van der Waals surface area contributed by atoms with Gasteiger partial charge in [-0.2, -0.15) is 0 Å². The van der Waals surface area contributed by atoms with Crippen molar-refractivity contribution in [3.05, 3.63) is 65.2 Å². The lowest BCUT2D eigenvalue weighted by molar-refractivity contribution is 0.0951. The van der Waals surface area contributed by atoms with Gasteiger partial charge < -0.3 is 10.2 Å². The number of rotatable bonds is 7. The maximum absolute atomic E-state index is 12.3. The molecule has 0 saturated heterocycles. The quantitative estimate of drug-likeness (QED) is 0.787. The molecule has 1 amide bonds. The number of nitrogens with zero attached hydrogens (tertiary/aromatic N) is 1. The first kappa shape index (κ1) is 19.0. The lowest BCUT2D eigenvalue weighted by Gasteiger charge is -2.13. The molecule has 0 aromatic heterocycles. The predicted octanol–water partition coefficient (Wildman–Crippen LogP) is 1.73. The molecule has 2 N–H and O–H groups in total. The number of hydrogen-bond donors (Lipinski definition) is 2. The minimum atomic E-state index is -3.37. The fourth-order valence-corrected chi connectivity index (χ4v) is 3.17. The third-order valence-electron chi connectivity index (χ3n) is 3.86. The molecule has 2 aromatic carbocycles. The van der Waals surface area contributed by atoms with Crippen molar-refractivity contribution in [1.29, 1.82) is 0 Å². The summed E-state index contributed by atoms with van der Waals surface area (Å²) in [5, 5.41) is 2.84. The van der Waals surface area contributed by atoms with Gasteiger partial charge in [-0.1, -0.05) is 24.3 Å². The maximum Gasteiger partial charge on any atom is 0.251 e. The molecule has 0 heterocycles. The van der Waals surface area contributed by atoms with E-state index >= 15 is 0 Å². The van der Waals surface area contributed by atoms with Crippen molar-refractivity contribution in [3.8, 4) is 0 Å². The van der Waals surface area contributed by atoms with Crippen LogP contribution in [0.2, 0.25) is 0 Å². The van der Waals surface area contributed by atoms with Gasteiger partial charge in [-0.25, -0.2) is 13.1 Å². The molecule has 0 fully saturated rings. The van der Waals surface area contributed by atoms with Crippen LogP contribution < -0.4 is 14.9 Å². The zero-order valence-electron chi connectivity index (χ0n) is 14.6. The molecule has 0 aliphatic rings. The second-order valence-electron chi connectivity index (χ2n) is 5.86. The van der Waals surface area contributed by atoms with Crippen LogP contribution >= 0.6 is 0 Å². The number of carbonyl (C=O) groups is 1.